The highest BCUT2D eigenvalue weighted by Crippen LogP contribution is 2.39. The lowest BCUT2D eigenvalue weighted by atomic mass is 9.89. The Hall–Kier alpha value is -3.57. The molecule has 2 atom stereocenters. The van der Waals surface area contributed by atoms with Gasteiger partial charge in [-0.1, -0.05) is 12.1 Å². The van der Waals surface area contributed by atoms with E-state index in [-0.39, 0.29) is 11.2 Å². The second-order valence-corrected chi connectivity index (χ2v) is 9.52. The minimum Gasteiger partial charge on any atom is -0.356 e. The molecule has 3 fully saturated rings. The number of nitrogens with zero attached hydrogens (tertiary/aromatic N) is 5. The van der Waals surface area contributed by atoms with Crippen LogP contribution in [-0.2, 0) is 0 Å². The number of hydrogen-bond donors (Lipinski definition) is 1. The molecule has 2 unspecified atom stereocenters. The molecule has 1 saturated carbocycles. The zero-order chi connectivity index (χ0) is 23.2. The molecule has 172 valence electrons. The molecule has 7 nitrogen and oxygen atoms in total. The fourth-order valence-corrected chi connectivity index (χ4v) is 5.21. The van der Waals surface area contributed by atoms with E-state index in [1.54, 1.807) is 18.3 Å². The van der Waals surface area contributed by atoms with Gasteiger partial charge in [0.05, 0.1) is 18.5 Å². The van der Waals surface area contributed by atoms with Crippen LogP contribution >= 0.6 is 0 Å². The van der Waals surface area contributed by atoms with Gasteiger partial charge in [-0.2, -0.15) is 0 Å². The Kier molecular flexibility index (Phi) is 5.15. The Bertz CT molecular complexity index is 1340. The molecule has 34 heavy (non-hydrogen) atoms. The first-order chi connectivity index (χ1) is 16.6. The van der Waals surface area contributed by atoms with Gasteiger partial charge in [0.15, 0.2) is 0 Å². The summed E-state index contributed by atoms with van der Waals surface area (Å²) in [6.07, 6.45) is 5.04. The maximum Gasteiger partial charge on any atom is 0.260 e. The number of halogens is 1. The van der Waals surface area contributed by atoms with E-state index in [9.17, 15) is 9.18 Å². The zero-order valence-electron chi connectivity index (χ0n) is 18.7. The summed E-state index contributed by atoms with van der Waals surface area (Å²) in [5.41, 5.74) is 1.79. The predicted molar refractivity (Wildman–Crippen MR) is 128 cm³/mol. The Balaban J connectivity index is 1.45. The van der Waals surface area contributed by atoms with Gasteiger partial charge in [0.1, 0.15) is 17.5 Å². The Morgan fingerprint density at radius 3 is 2.68 bits per heavy atom. The average Bonchev–Trinajstić information content (AvgIpc) is 3.60. The third-order valence-corrected chi connectivity index (χ3v) is 7.28. The smallest absolute Gasteiger partial charge is 0.260 e. The van der Waals surface area contributed by atoms with Crippen molar-refractivity contribution in [2.75, 3.05) is 31.1 Å². The lowest BCUT2D eigenvalue weighted by molar-refractivity contribution is 0.347. The second-order valence-electron chi connectivity index (χ2n) is 9.52. The van der Waals surface area contributed by atoms with Crippen LogP contribution in [0.25, 0.3) is 21.9 Å². The first-order valence-corrected chi connectivity index (χ1v) is 11.8. The second kappa shape index (κ2) is 8.33. The van der Waals surface area contributed by atoms with Gasteiger partial charge in [0.25, 0.3) is 5.56 Å². The number of fused-ring (bicyclic) bond motifs is 1. The number of nitrogens with one attached hydrogen (secondary N) is 1. The summed E-state index contributed by atoms with van der Waals surface area (Å²) >= 11 is 0. The molecule has 0 spiro atoms. The summed E-state index contributed by atoms with van der Waals surface area (Å²) < 4.78 is 16.1. The van der Waals surface area contributed by atoms with Crippen LogP contribution in [0, 0.1) is 24.2 Å². The van der Waals surface area contributed by atoms with Crippen molar-refractivity contribution in [3.8, 4) is 17.1 Å². The fraction of sp³-hybridized carbons (Fsp3) is 0.385. The maximum absolute atomic E-state index is 14.6. The SMILES string of the molecule is [C-]#[N+]c1ccc(-c2nc(N3CCC4CNCC4C3)cc(=O)n2-c2ccc(C3CC3)nc2)cc1F. The molecule has 2 saturated heterocycles. The summed E-state index contributed by atoms with van der Waals surface area (Å²) in [6, 6.07) is 9.78. The Morgan fingerprint density at radius 2 is 1.94 bits per heavy atom. The third-order valence-electron chi connectivity index (χ3n) is 7.28. The average molecular weight is 457 g/mol. The molecular weight excluding hydrogens is 431 g/mol. The Morgan fingerprint density at radius 1 is 1.09 bits per heavy atom. The van der Waals surface area contributed by atoms with Crippen LogP contribution in [0.2, 0.25) is 0 Å². The van der Waals surface area contributed by atoms with Crippen LogP contribution in [0.15, 0.2) is 47.4 Å². The monoisotopic (exact) mass is 456 g/mol. The molecule has 6 rings (SSSR count). The van der Waals surface area contributed by atoms with E-state index < -0.39 is 5.82 Å². The van der Waals surface area contributed by atoms with Crippen molar-refractivity contribution in [3.05, 3.63) is 75.9 Å². The standard InChI is InChI=1S/C26H25FN6O/c1-28-23-6-4-17(10-21(23)27)26-31-24(32-9-8-18-12-29-13-19(18)15-32)11-25(34)33(26)20-5-7-22(30-14-20)16-2-3-16/h4-7,10-11,14,16,18-19,29H,2-3,8-9,12-13,15H2. The highest BCUT2D eigenvalue weighted by Gasteiger charge is 2.33. The first-order valence-electron chi connectivity index (χ1n) is 11.8. The van der Waals surface area contributed by atoms with E-state index in [1.165, 1.54) is 16.7 Å². The molecule has 8 heteroatoms. The molecule has 3 aromatic rings. The molecule has 1 N–H and O–H groups in total. The van der Waals surface area contributed by atoms with E-state index >= 15 is 0 Å². The van der Waals surface area contributed by atoms with Crippen LogP contribution in [0.1, 0.15) is 30.9 Å². The zero-order valence-corrected chi connectivity index (χ0v) is 18.7. The van der Waals surface area contributed by atoms with Gasteiger partial charge in [-0.25, -0.2) is 14.2 Å². The van der Waals surface area contributed by atoms with Gasteiger partial charge < -0.3 is 10.2 Å². The first kappa shape index (κ1) is 21.0. The molecule has 1 aliphatic carbocycles. The van der Waals surface area contributed by atoms with Crippen molar-refractivity contribution in [1.82, 2.24) is 19.9 Å². The largest absolute Gasteiger partial charge is 0.356 e. The number of hydrogen-bond acceptors (Lipinski definition) is 5. The van der Waals surface area contributed by atoms with Crippen molar-refractivity contribution < 1.29 is 4.39 Å². The summed E-state index contributed by atoms with van der Waals surface area (Å²) in [6.45, 7) is 10.9. The van der Waals surface area contributed by atoms with Crippen LogP contribution < -0.4 is 15.8 Å². The molecule has 3 aliphatic rings. The number of pyridine rings is 1. The van der Waals surface area contributed by atoms with Gasteiger partial charge in [0, 0.05) is 36.3 Å². The lowest BCUT2D eigenvalue weighted by Crippen LogP contribution is -2.41. The number of anilines is 1. The fourth-order valence-electron chi connectivity index (χ4n) is 5.21. The molecule has 0 bridgehead atoms. The van der Waals surface area contributed by atoms with Gasteiger partial charge in [-0.3, -0.25) is 14.3 Å². The quantitative estimate of drug-likeness (QED) is 0.603. The minimum absolute atomic E-state index is 0.0555. The molecule has 0 radical (unpaired) electrons. The van der Waals surface area contributed by atoms with Gasteiger partial charge >= 0.3 is 0 Å². The third kappa shape index (κ3) is 3.76. The number of aromatic nitrogens is 3. The van der Waals surface area contributed by atoms with Crippen molar-refractivity contribution in [2.45, 2.75) is 25.2 Å². The van der Waals surface area contributed by atoms with E-state index in [1.807, 2.05) is 12.1 Å². The molecular formula is C26H25FN6O. The van der Waals surface area contributed by atoms with Crippen LogP contribution in [-0.4, -0.2) is 40.7 Å². The molecule has 0 amide bonds. The lowest BCUT2D eigenvalue weighted by Gasteiger charge is -2.35. The van der Waals surface area contributed by atoms with Gasteiger partial charge in [-0.05, 0) is 62.4 Å². The molecule has 1 aromatic carbocycles. The topological polar surface area (TPSA) is 67.4 Å². The summed E-state index contributed by atoms with van der Waals surface area (Å²) in [7, 11) is 0. The van der Waals surface area contributed by atoms with Crippen LogP contribution in [0.3, 0.4) is 0 Å². The molecule has 4 heterocycles. The van der Waals surface area contributed by atoms with Gasteiger partial charge in [0.2, 0.25) is 5.69 Å². The normalized spacial score (nSPS) is 21.8. The van der Waals surface area contributed by atoms with E-state index in [2.05, 4.69) is 20.0 Å². The van der Waals surface area contributed by atoms with Crippen LogP contribution in [0.4, 0.5) is 15.9 Å². The van der Waals surface area contributed by atoms with Crippen molar-refractivity contribution >= 4 is 11.5 Å². The number of benzene rings is 1. The van der Waals surface area contributed by atoms with Crippen molar-refractivity contribution in [3.63, 3.8) is 0 Å². The maximum atomic E-state index is 14.6. The number of piperidine rings is 1. The van der Waals surface area contributed by atoms with E-state index in [4.69, 9.17) is 11.6 Å². The molecule has 2 aromatic heterocycles. The van der Waals surface area contributed by atoms with Crippen LogP contribution in [0.5, 0.6) is 0 Å². The molecule has 2 aliphatic heterocycles. The summed E-state index contributed by atoms with van der Waals surface area (Å²) in [5.74, 6) is 2.05. The van der Waals surface area contributed by atoms with E-state index in [0.717, 1.165) is 51.1 Å². The van der Waals surface area contributed by atoms with E-state index in [0.29, 0.717) is 40.6 Å². The van der Waals surface area contributed by atoms with Crippen molar-refractivity contribution in [1.29, 1.82) is 0 Å². The summed E-state index contributed by atoms with van der Waals surface area (Å²) in [4.78, 5) is 28.3. The minimum atomic E-state index is -0.626. The predicted octanol–water partition coefficient (Wildman–Crippen LogP) is 3.91. The Labute approximate surface area is 197 Å². The summed E-state index contributed by atoms with van der Waals surface area (Å²) in [5, 5.41) is 3.46. The highest BCUT2D eigenvalue weighted by atomic mass is 19.1. The van der Waals surface area contributed by atoms with Gasteiger partial charge in [-0.15, -0.1) is 0 Å². The number of rotatable bonds is 4. The van der Waals surface area contributed by atoms with Crippen molar-refractivity contribution in [2.24, 2.45) is 11.8 Å². The highest BCUT2D eigenvalue weighted by molar-refractivity contribution is 5.64.